The Morgan fingerprint density at radius 3 is 3.05 bits per heavy atom. The van der Waals surface area contributed by atoms with Crippen LogP contribution in [0, 0.1) is 0 Å². The molecule has 2 unspecified atom stereocenters. The standard InChI is InChI=1S/C14H26N4O/c1-4-18-8-6-5-7-12(18)10-13-16-14(19-17-13)9-11(2)15-3/h11-12,15H,4-10H2,1-3H3. The summed E-state index contributed by atoms with van der Waals surface area (Å²) >= 11 is 0. The van der Waals surface area contributed by atoms with Crippen LogP contribution in [0.3, 0.4) is 0 Å². The number of hydrogen-bond donors (Lipinski definition) is 1. The Morgan fingerprint density at radius 2 is 2.32 bits per heavy atom. The molecule has 0 saturated carbocycles. The number of aromatic nitrogens is 2. The Kier molecular flexibility index (Phi) is 5.34. The number of nitrogens with one attached hydrogen (secondary N) is 1. The van der Waals surface area contributed by atoms with Crippen molar-refractivity contribution in [2.75, 3.05) is 20.1 Å². The highest BCUT2D eigenvalue weighted by Crippen LogP contribution is 2.19. The number of rotatable bonds is 6. The molecule has 108 valence electrons. The molecular formula is C14H26N4O. The van der Waals surface area contributed by atoms with Crippen molar-refractivity contribution in [1.82, 2.24) is 20.4 Å². The molecule has 1 aliphatic heterocycles. The van der Waals surface area contributed by atoms with Gasteiger partial charge in [-0.25, -0.2) is 0 Å². The van der Waals surface area contributed by atoms with E-state index in [4.69, 9.17) is 4.52 Å². The lowest BCUT2D eigenvalue weighted by Gasteiger charge is -2.34. The van der Waals surface area contributed by atoms with Crippen LogP contribution in [0.5, 0.6) is 0 Å². The minimum Gasteiger partial charge on any atom is -0.339 e. The van der Waals surface area contributed by atoms with Crippen molar-refractivity contribution in [1.29, 1.82) is 0 Å². The Labute approximate surface area is 115 Å². The maximum atomic E-state index is 5.33. The number of hydrogen-bond acceptors (Lipinski definition) is 5. The number of likely N-dealkylation sites (tertiary alicyclic amines) is 1. The van der Waals surface area contributed by atoms with Gasteiger partial charge in [-0.05, 0) is 39.9 Å². The van der Waals surface area contributed by atoms with Crippen LogP contribution in [0.1, 0.15) is 44.8 Å². The zero-order valence-corrected chi connectivity index (χ0v) is 12.4. The van der Waals surface area contributed by atoms with Gasteiger partial charge in [0, 0.05) is 24.9 Å². The molecule has 0 bridgehead atoms. The van der Waals surface area contributed by atoms with Gasteiger partial charge in [-0.2, -0.15) is 4.98 Å². The first-order chi connectivity index (χ1) is 9.22. The highest BCUT2D eigenvalue weighted by Gasteiger charge is 2.23. The van der Waals surface area contributed by atoms with Crippen LogP contribution in [-0.4, -0.2) is 47.3 Å². The van der Waals surface area contributed by atoms with Gasteiger partial charge in [-0.3, -0.25) is 0 Å². The van der Waals surface area contributed by atoms with E-state index in [0.717, 1.165) is 31.1 Å². The second-order valence-electron chi connectivity index (χ2n) is 5.48. The molecule has 1 aromatic rings. The Morgan fingerprint density at radius 1 is 1.47 bits per heavy atom. The van der Waals surface area contributed by atoms with Crippen LogP contribution >= 0.6 is 0 Å². The highest BCUT2D eigenvalue weighted by atomic mass is 16.5. The van der Waals surface area contributed by atoms with Gasteiger partial charge in [0.1, 0.15) is 0 Å². The van der Waals surface area contributed by atoms with Gasteiger partial charge < -0.3 is 14.7 Å². The van der Waals surface area contributed by atoms with Crippen LogP contribution < -0.4 is 5.32 Å². The summed E-state index contributed by atoms with van der Waals surface area (Å²) in [5.41, 5.74) is 0. The van der Waals surface area contributed by atoms with E-state index in [-0.39, 0.29) is 0 Å². The molecule has 1 saturated heterocycles. The molecule has 1 aromatic heterocycles. The molecule has 5 heteroatoms. The first-order valence-electron chi connectivity index (χ1n) is 7.45. The van der Waals surface area contributed by atoms with Gasteiger partial charge in [0.15, 0.2) is 5.82 Å². The average Bonchev–Trinajstić information content (AvgIpc) is 2.86. The molecule has 2 heterocycles. The lowest BCUT2D eigenvalue weighted by molar-refractivity contribution is 0.153. The summed E-state index contributed by atoms with van der Waals surface area (Å²) < 4.78 is 5.33. The predicted octanol–water partition coefficient (Wildman–Crippen LogP) is 1.64. The quantitative estimate of drug-likeness (QED) is 0.848. The van der Waals surface area contributed by atoms with Gasteiger partial charge in [0.2, 0.25) is 5.89 Å². The van der Waals surface area contributed by atoms with Crippen molar-refractivity contribution < 1.29 is 4.52 Å². The van der Waals surface area contributed by atoms with E-state index < -0.39 is 0 Å². The minimum absolute atomic E-state index is 0.370. The third kappa shape index (κ3) is 4.01. The normalized spacial score (nSPS) is 22.6. The SMILES string of the molecule is CCN1CCCCC1Cc1noc(CC(C)NC)n1. The van der Waals surface area contributed by atoms with Crippen LogP contribution in [0.2, 0.25) is 0 Å². The van der Waals surface area contributed by atoms with E-state index in [0.29, 0.717) is 12.1 Å². The maximum absolute atomic E-state index is 5.33. The Balaban J connectivity index is 1.91. The van der Waals surface area contributed by atoms with Crippen molar-refractivity contribution in [2.45, 2.75) is 58.0 Å². The molecule has 0 aliphatic carbocycles. The summed E-state index contributed by atoms with van der Waals surface area (Å²) in [6.07, 6.45) is 5.62. The second kappa shape index (κ2) is 7.01. The van der Waals surface area contributed by atoms with E-state index in [2.05, 4.69) is 34.2 Å². The molecule has 1 aliphatic rings. The number of piperidine rings is 1. The summed E-state index contributed by atoms with van der Waals surface area (Å²) in [7, 11) is 1.95. The Bertz CT molecular complexity index is 379. The summed E-state index contributed by atoms with van der Waals surface area (Å²) in [5, 5.41) is 7.31. The fourth-order valence-corrected chi connectivity index (χ4v) is 2.74. The highest BCUT2D eigenvalue weighted by molar-refractivity contribution is 4.93. The molecule has 5 nitrogen and oxygen atoms in total. The topological polar surface area (TPSA) is 54.2 Å². The molecule has 0 spiro atoms. The van der Waals surface area contributed by atoms with Gasteiger partial charge in [-0.15, -0.1) is 0 Å². The van der Waals surface area contributed by atoms with Crippen molar-refractivity contribution in [2.24, 2.45) is 0 Å². The average molecular weight is 266 g/mol. The second-order valence-corrected chi connectivity index (χ2v) is 5.48. The van der Waals surface area contributed by atoms with Gasteiger partial charge in [0.05, 0.1) is 0 Å². The monoisotopic (exact) mass is 266 g/mol. The summed E-state index contributed by atoms with van der Waals surface area (Å²) in [4.78, 5) is 7.05. The smallest absolute Gasteiger partial charge is 0.228 e. The van der Waals surface area contributed by atoms with Crippen molar-refractivity contribution in [3.05, 3.63) is 11.7 Å². The summed E-state index contributed by atoms with van der Waals surface area (Å²) in [6, 6.07) is 0.959. The zero-order chi connectivity index (χ0) is 13.7. The molecule has 1 fully saturated rings. The molecule has 0 aromatic carbocycles. The lowest BCUT2D eigenvalue weighted by atomic mass is 9.99. The summed E-state index contributed by atoms with van der Waals surface area (Å²) in [5.74, 6) is 1.61. The van der Waals surface area contributed by atoms with Crippen LogP contribution in [0.25, 0.3) is 0 Å². The van der Waals surface area contributed by atoms with E-state index in [9.17, 15) is 0 Å². The Hall–Kier alpha value is -0.940. The molecule has 1 N–H and O–H groups in total. The molecule has 19 heavy (non-hydrogen) atoms. The van der Waals surface area contributed by atoms with E-state index >= 15 is 0 Å². The van der Waals surface area contributed by atoms with E-state index in [1.807, 2.05) is 7.05 Å². The minimum atomic E-state index is 0.370. The van der Waals surface area contributed by atoms with Gasteiger partial charge >= 0.3 is 0 Å². The fraction of sp³-hybridized carbons (Fsp3) is 0.857. The van der Waals surface area contributed by atoms with Crippen molar-refractivity contribution in [3.63, 3.8) is 0 Å². The largest absolute Gasteiger partial charge is 0.339 e. The molecule has 0 radical (unpaired) electrons. The van der Waals surface area contributed by atoms with Crippen LogP contribution in [0.15, 0.2) is 4.52 Å². The molecule has 2 rings (SSSR count). The zero-order valence-electron chi connectivity index (χ0n) is 12.4. The van der Waals surface area contributed by atoms with Gasteiger partial charge in [0.25, 0.3) is 0 Å². The molecular weight excluding hydrogens is 240 g/mol. The molecule has 0 amide bonds. The summed E-state index contributed by atoms with van der Waals surface area (Å²) in [6.45, 7) is 6.67. The van der Waals surface area contributed by atoms with Crippen LogP contribution in [0.4, 0.5) is 0 Å². The lowest BCUT2D eigenvalue weighted by Crippen LogP contribution is -2.40. The van der Waals surface area contributed by atoms with Crippen molar-refractivity contribution in [3.8, 4) is 0 Å². The number of likely N-dealkylation sites (N-methyl/N-ethyl adjacent to an activating group) is 2. The van der Waals surface area contributed by atoms with Crippen molar-refractivity contribution >= 4 is 0 Å². The molecule has 2 atom stereocenters. The van der Waals surface area contributed by atoms with Gasteiger partial charge in [-0.1, -0.05) is 18.5 Å². The maximum Gasteiger partial charge on any atom is 0.228 e. The van der Waals surface area contributed by atoms with E-state index in [1.54, 1.807) is 0 Å². The number of nitrogens with zero attached hydrogens (tertiary/aromatic N) is 3. The predicted molar refractivity (Wildman–Crippen MR) is 75.1 cm³/mol. The first-order valence-corrected chi connectivity index (χ1v) is 7.45. The third-order valence-corrected chi connectivity index (χ3v) is 4.06. The van der Waals surface area contributed by atoms with E-state index in [1.165, 1.54) is 25.8 Å². The third-order valence-electron chi connectivity index (χ3n) is 4.06. The first kappa shape index (κ1) is 14.5. The fourth-order valence-electron chi connectivity index (χ4n) is 2.74. The van der Waals surface area contributed by atoms with Crippen LogP contribution in [-0.2, 0) is 12.8 Å².